The minimum atomic E-state index is -0.662. The molecular weight excluding hydrogens is 530 g/mol. The summed E-state index contributed by atoms with van der Waals surface area (Å²) in [4.78, 5) is 26.0. The van der Waals surface area contributed by atoms with Gasteiger partial charge in [-0.2, -0.15) is 5.10 Å². The minimum Gasteiger partial charge on any atom is -0.507 e. The van der Waals surface area contributed by atoms with E-state index in [4.69, 9.17) is 21.1 Å². The Morgan fingerprint density at radius 2 is 1.70 bits per heavy atom. The number of halogens is 1. The normalized spacial score (nSPS) is 12.4. The van der Waals surface area contributed by atoms with Gasteiger partial charge >= 0.3 is 0 Å². The highest BCUT2D eigenvalue weighted by molar-refractivity contribution is 6.31. The van der Waals surface area contributed by atoms with Gasteiger partial charge in [0.2, 0.25) is 6.79 Å². The lowest BCUT2D eigenvalue weighted by molar-refractivity contribution is -0.117. The number of benzene rings is 4. The largest absolute Gasteiger partial charge is 0.507 e. The van der Waals surface area contributed by atoms with Crippen molar-refractivity contribution in [2.75, 3.05) is 6.79 Å². The fourth-order valence-corrected chi connectivity index (χ4v) is 4.21. The molecule has 2 amide bonds. The molecule has 1 aliphatic heterocycles. The second kappa shape index (κ2) is 12.2. The molecule has 1 aliphatic rings. The summed E-state index contributed by atoms with van der Waals surface area (Å²) in [6.07, 6.45) is 3.40. The Balaban J connectivity index is 1.34. The summed E-state index contributed by atoms with van der Waals surface area (Å²) in [5, 5.41) is 17.7. The number of amides is 2. The van der Waals surface area contributed by atoms with Gasteiger partial charge in [-0.3, -0.25) is 9.59 Å². The van der Waals surface area contributed by atoms with Crippen LogP contribution in [-0.2, 0) is 11.2 Å². The van der Waals surface area contributed by atoms with E-state index in [0.717, 1.165) is 11.1 Å². The molecule has 1 heterocycles. The average molecular weight is 554 g/mol. The SMILES string of the molecule is O=C(NN=Cc1cc(Cc2ccccc2Cl)ccc1O)C(=Cc1ccc2c(c1)OCO2)NC(=O)c1ccccc1. The Morgan fingerprint density at radius 1 is 0.925 bits per heavy atom. The molecule has 5 rings (SSSR count). The summed E-state index contributed by atoms with van der Waals surface area (Å²) in [5.41, 5.74) is 5.62. The maximum absolute atomic E-state index is 13.1. The number of phenolic OH excluding ortho intramolecular Hbond substituents is 1. The van der Waals surface area contributed by atoms with E-state index in [1.54, 1.807) is 66.7 Å². The van der Waals surface area contributed by atoms with E-state index >= 15 is 0 Å². The van der Waals surface area contributed by atoms with Gasteiger partial charge in [0.15, 0.2) is 11.5 Å². The van der Waals surface area contributed by atoms with Crippen molar-refractivity contribution in [2.24, 2.45) is 5.10 Å². The number of hydrogen-bond donors (Lipinski definition) is 3. The van der Waals surface area contributed by atoms with Crippen molar-refractivity contribution in [3.8, 4) is 17.2 Å². The van der Waals surface area contributed by atoms with Crippen LogP contribution in [0.4, 0.5) is 0 Å². The Labute approximate surface area is 235 Å². The van der Waals surface area contributed by atoms with Crippen molar-refractivity contribution >= 4 is 35.7 Å². The second-order valence-electron chi connectivity index (χ2n) is 8.85. The second-order valence-corrected chi connectivity index (χ2v) is 9.26. The minimum absolute atomic E-state index is 0.00517. The molecule has 0 aromatic heterocycles. The smallest absolute Gasteiger partial charge is 0.287 e. The highest BCUT2D eigenvalue weighted by Crippen LogP contribution is 2.33. The molecule has 0 fully saturated rings. The van der Waals surface area contributed by atoms with Gasteiger partial charge < -0.3 is 19.9 Å². The van der Waals surface area contributed by atoms with Gasteiger partial charge in [-0.25, -0.2) is 5.43 Å². The van der Waals surface area contributed by atoms with Crippen LogP contribution in [0.1, 0.15) is 32.6 Å². The number of fused-ring (bicyclic) bond motifs is 1. The molecule has 0 saturated heterocycles. The van der Waals surface area contributed by atoms with Crippen molar-refractivity contribution in [3.05, 3.63) is 130 Å². The number of rotatable bonds is 8. The molecule has 0 saturated carbocycles. The monoisotopic (exact) mass is 553 g/mol. The molecule has 40 heavy (non-hydrogen) atoms. The van der Waals surface area contributed by atoms with E-state index in [9.17, 15) is 14.7 Å². The fraction of sp³-hybridized carbons (Fsp3) is 0.0645. The third-order valence-corrected chi connectivity index (χ3v) is 6.42. The Hall–Kier alpha value is -5.08. The Morgan fingerprint density at radius 3 is 2.52 bits per heavy atom. The van der Waals surface area contributed by atoms with Crippen molar-refractivity contribution in [1.82, 2.24) is 10.7 Å². The van der Waals surface area contributed by atoms with Crippen LogP contribution in [-0.4, -0.2) is 29.9 Å². The first-order valence-electron chi connectivity index (χ1n) is 12.3. The molecule has 9 heteroatoms. The maximum Gasteiger partial charge on any atom is 0.287 e. The topological polar surface area (TPSA) is 109 Å². The molecule has 4 aromatic carbocycles. The average Bonchev–Trinajstić information content (AvgIpc) is 3.44. The van der Waals surface area contributed by atoms with Crippen LogP contribution in [0.25, 0.3) is 6.08 Å². The van der Waals surface area contributed by atoms with Crippen LogP contribution < -0.4 is 20.2 Å². The van der Waals surface area contributed by atoms with Crippen molar-refractivity contribution in [2.45, 2.75) is 6.42 Å². The predicted octanol–water partition coefficient (Wildman–Crippen LogP) is 5.29. The molecule has 4 aromatic rings. The standard InChI is InChI=1S/C31H24ClN3O5/c32-25-9-5-4-8-23(25)14-20-10-12-27(36)24(15-20)18-33-35-31(38)26(34-30(37)22-6-2-1-3-7-22)16-21-11-13-28-29(17-21)40-19-39-28/h1-13,15-18,36H,14,19H2,(H,34,37)(H,35,38). The van der Waals surface area contributed by atoms with E-state index in [1.807, 2.05) is 24.3 Å². The number of aromatic hydroxyl groups is 1. The van der Waals surface area contributed by atoms with E-state index in [1.165, 1.54) is 12.3 Å². The van der Waals surface area contributed by atoms with Gasteiger partial charge in [0.25, 0.3) is 11.8 Å². The third-order valence-electron chi connectivity index (χ3n) is 6.05. The number of hydrazone groups is 1. The quantitative estimate of drug-likeness (QED) is 0.156. The van der Waals surface area contributed by atoms with Crippen LogP contribution in [0.5, 0.6) is 17.2 Å². The number of carbonyl (C=O) groups is 2. The van der Waals surface area contributed by atoms with Crippen LogP contribution in [0.2, 0.25) is 5.02 Å². The van der Waals surface area contributed by atoms with Crippen molar-refractivity contribution in [3.63, 3.8) is 0 Å². The molecule has 0 radical (unpaired) electrons. The molecule has 0 atom stereocenters. The highest BCUT2D eigenvalue weighted by Gasteiger charge is 2.17. The molecule has 3 N–H and O–H groups in total. The first-order valence-corrected chi connectivity index (χ1v) is 12.7. The molecule has 200 valence electrons. The van der Waals surface area contributed by atoms with Gasteiger partial charge in [0.05, 0.1) is 6.21 Å². The van der Waals surface area contributed by atoms with Crippen molar-refractivity contribution < 1.29 is 24.2 Å². The van der Waals surface area contributed by atoms with Crippen LogP contribution >= 0.6 is 11.6 Å². The summed E-state index contributed by atoms with van der Waals surface area (Å²) in [7, 11) is 0. The lowest BCUT2D eigenvalue weighted by Gasteiger charge is -2.10. The van der Waals surface area contributed by atoms with Crippen molar-refractivity contribution in [1.29, 1.82) is 0 Å². The van der Waals surface area contributed by atoms with Crippen LogP contribution in [0, 0.1) is 0 Å². The third kappa shape index (κ3) is 6.48. The zero-order valence-electron chi connectivity index (χ0n) is 21.1. The summed E-state index contributed by atoms with van der Waals surface area (Å²) in [5.74, 6) is 0.00155. The first-order chi connectivity index (χ1) is 19.5. The molecular formula is C31H24ClN3O5. The number of hydrogen-bond acceptors (Lipinski definition) is 6. The van der Waals surface area contributed by atoms with Gasteiger partial charge in [0.1, 0.15) is 11.4 Å². The van der Waals surface area contributed by atoms with E-state index in [2.05, 4.69) is 15.8 Å². The zero-order chi connectivity index (χ0) is 27.9. The molecule has 8 nitrogen and oxygen atoms in total. The summed E-state index contributed by atoms with van der Waals surface area (Å²) < 4.78 is 10.8. The number of carbonyl (C=O) groups excluding carboxylic acids is 2. The van der Waals surface area contributed by atoms with E-state index in [-0.39, 0.29) is 18.2 Å². The molecule has 0 aliphatic carbocycles. The number of nitrogens with one attached hydrogen (secondary N) is 2. The van der Waals surface area contributed by atoms with E-state index in [0.29, 0.717) is 39.6 Å². The van der Waals surface area contributed by atoms with Crippen LogP contribution in [0.15, 0.2) is 102 Å². The lowest BCUT2D eigenvalue weighted by atomic mass is 10.0. The first kappa shape index (κ1) is 26.5. The number of phenols is 1. The van der Waals surface area contributed by atoms with E-state index < -0.39 is 11.8 Å². The maximum atomic E-state index is 13.1. The number of nitrogens with zero attached hydrogens (tertiary/aromatic N) is 1. The van der Waals surface area contributed by atoms with Crippen LogP contribution in [0.3, 0.4) is 0 Å². The van der Waals surface area contributed by atoms with Gasteiger partial charge in [-0.05, 0) is 71.7 Å². The van der Waals surface area contributed by atoms with Gasteiger partial charge in [-0.15, -0.1) is 0 Å². The summed E-state index contributed by atoms with van der Waals surface area (Å²) in [6.45, 7) is 0.113. The Kier molecular flexibility index (Phi) is 8.08. The predicted molar refractivity (Wildman–Crippen MR) is 153 cm³/mol. The van der Waals surface area contributed by atoms with Gasteiger partial charge in [-0.1, -0.05) is 60.1 Å². The fourth-order valence-electron chi connectivity index (χ4n) is 4.01. The summed E-state index contributed by atoms with van der Waals surface area (Å²) >= 11 is 6.28. The highest BCUT2D eigenvalue weighted by atomic mass is 35.5. The Bertz CT molecular complexity index is 1620. The van der Waals surface area contributed by atoms with Gasteiger partial charge in [0, 0.05) is 16.1 Å². The molecule has 0 bridgehead atoms. The lowest BCUT2D eigenvalue weighted by Crippen LogP contribution is -2.32. The zero-order valence-corrected chi connectivity index (χ0v) is 21.9. The molecule has 0 spiro atoms. The molecule has 0 unspecified atom stereocenters. The number of ether oxygens (including phenoxy) is 2. The summed E-state index contributed by atoms with van der Waals surface area (Å²) in [6, 6.07) is 26.3.